The molecule has 1 saturated heterocycles. The highest BCUT2D eigenvalue weighted by Crippen LogP contribution is 2.30. The summed E-state index contributed by atoms with van der Waals surface area (Å²) >= 11 is 1.74. The van der Waals surface area contributed by atoms with Crippen LogP contribution in [0.3, 0.4) is 0 Å². The van der Waals surface area contributed by atoms with E-state index < -0.39 is 29.1 Å². The predicted molar refractivity (Wildman–Crippen MR) is 160 cm³/mol. The van der Waals surface area contributed by atoms with Crippen molar-refractivity contribution in [3.05, 3.63) is 64.7 Å². The molecular formula is C31H43N3O5S. The number of nitrogens with zero attached hydrogens (tertiary/aromatic N) is 1. The number of thioether (sulfide) groups is 1. The summed E-state index contributed by atoms with van der Waals surface area (Å²) < 4.78 is 0. The maximum absolute atomic E-state index is 14.1. The topological polar surface area (TPSA) is 119 Å². The van der Waals surface area contributed by atoms with Crippen LogP contribution in [0.1, 0.15) is 62.3 Å². The number of carbonyl (C=O) groups excluding carboxylic acids is 2. The molecule has 4 N–H and O–H groups in total. The largest absolute Gasteiger partial charge is 0.508 e. The summed E-state index contributed by atoms with van der Waals surface area (Å²) in [6.45, 7) is 9.42. The van der Waals surface area contributed by atoms with Crippen molar-refractivity contribution in [1.82, 2.24) is 15.5 Å². The number of hydrogen-bond donors (Lipinski definition) is 4. The van der Waals surface area contributed by atoms with Gasteiger partial charge in [-0.05, 0) is 106 Å². The third kappa shape index (κ3) is 7.93. The number of carbonyl (C=O) groups is 3. The Morgan fingerprint density at radius 2 is 1.65 bits per heavy atom. The van der Waals surface area contributed by atoms with Crippen LogP contribution in [-0.4, -0.2) is 68.2 Å². The lowest BCUT2D eigenvalue weighted by Crippen LogP contribution is -2.65. The van der Waals surface area contributed by atoms with Crippen LogP contribution in [0.4, 0.5) is 4.79 Å². The SMILES string of the molecule is Cc1cc(O)cc(C)c1CC(C(=O)NC1(C(=O)NCCCc2ccccc2)CCSCC1)N(C(=O)O)C(C)(C)C. The van der Waals surface area contributed by atoms with E-state index in [9.17, 15) is 24.6 Å². The molecule has 0 spiro atoms. The first-order chi connectivity index (χ1) is 18.8. The van der Waals surface area contributed by atoms with Crippen LogP contribution >= 0.6 is 11.8 Å². The van der Waals surface area contributed by atoms with E-state index in [1.807, 2.05) is 32.0 Å². The number of aromatic hydroxyl groups is 1. The minimum Gasteiger partial charge on any atom is -0.508 e. The van der Waals surface area contributed by atoms with Gasteiger partial charge < -0.3 is 20.8 Å². The highest BCUT2D eigenvalue weighted by molar-refractivity contribution is 7.99. The second-order valence-corrected chi connectivity index (χ2v) is 12.9. The van der Waals surface area contributed by atoms with E-state index in [0.717, 1.165) is 41.0 Å². The average Bonchev–Trinajstić information content (AvgIpc) is 2.87. The molecule has 1 aliphatic heterocycles. The van der Waals surface area contributed by atoms with Crippen molar-refractivity contribution in [2.75, 3.05) is 18.1 Å². The number of phenols is 1. The lowest BCUT2D eigenvalue weighted by atomic mass is 9.88. The molecule has 1 atom stereocenters. The molecule has 3 rings (SSSR count). The van der Waals surface area contributed by atoms with Crippen molar-refractivity contribution in [2.45, 2.75) is 83.8 Å². The van der Waals surface area contributed by atoms with E-state index in [1.54, 1.807) is 44.7 Å². The van der Waals surface area contributed by atoms with Gasteiger partial charge in [-0.3, -0.25) is 14.5 Å². The zero-order valence-corrected chi connectivity index (χ0v) is 25.1. The Bertz CT molecular complexity index is 1170. The second-order valence-electron chi connectivity index (χ2n) is 11.6. The zero-order valence-electron chi connectivity index (χ0n) is 24.3. The van der Waals surface area contributed by atoms with Crippen molar-refractivity contribution in [3.8, 4) is 5.75 Å². The van der Waals surface area contributed by atoms with Gasteiger partial charge in [-0.2, -0.15) is 11.8 Å². The molecule has 0 saturated carbocycles. The highest BCUT2D eigenvalue weighted by Gasteiger charge is 2.45. The molecule has 8 nitrogen and oxygen atoms in total. The summed E-state index contributed by atoms with van der Waals surface area (Å²) in [5.41, 5.74) is 1.57. The van der Waals surface area contributed by atoms with Gasteiger partial charge in [0.05, 0.1) is 0 Å². The first kappa shape index (κ1) is 31.3. The van der Waals surface area contributed by atoms with E-state index >= 15 is 0 Å². The first-order valence-corrected chi connectivity index (χ1v) is 15.0. The maximum atomic E-state index is 14.1. The number of carboxylic acid groups (broad SMARTS) is 1. The Labute approximate surface area is 241 Å². The van der Waals surface area contributed by atoms with Crippen molar-refractivity contribution in [2.24, 2.45) is 0 Å². The fraction of sp³-hybridized carbons (Fsp3) is 0.516. The normalized spacial score (nSPS) is 15.6. The Morgan fingerprint density at radius 3 is 2.20 bits per heavy atom. The molecule has 2 aromatic rings. The van der Waals surface area contributed by atoms with Gasteiger partial charge in [0, 0.05) is 18.5 Å². The van der Waals surface area contributed by atoms with Crippen LogP contribution in [0.15, 0.2) is 42.5 Å². The molecule has 1 heterocycles. The Balaban J connectivity index is 1.85. The van der Waals surface area contributed by atoms with Crippen molar-refractivity contribution >= 4 is 29.7 Å². The molecule has 0 aromatic heterocycles. The maximum Gasteiger partial charge on any atom is 0.408 e. The molecule has 218 valence electrons. The van der Waals surface area contributed by atoms with E-state index in [2.05, 4.69) is 22.8 Å². The van der Waals surface area contributed by atoms with Gasteiger partial charge >= 0.3 is 6.09 Å². The number of rotatable bonds is 10. The summed E-state index contributed by atoms with van der Waals surface area (Å²) in [4.78, 5) is 41.4. The lowest BCUT2D eigenvalue weighted by molar-refractivity contribution is -0.137. The van der Waals surface area contributed by atoms with Crippen molar-refractivity contribution in [3.63, 3.8) is 0 Å². The highest BCUT2D eigenvalue weighted by atomic mass is 32.2. The number of hydrogen-bond acceptors (Lipinski definition) is 5. The molecule has 3 amide bonds. The smallest absolute Gasteiger partial charge is 0.408 e. The number of nitrogens with one attached hydrogen (secondary N) is 2. The third-order valence-corrected chi connectivity index (χ3v) is 8.52. The van der Waals surface area contributed by atoms with E-state index in [4.69, 9.17) is 0 Å². The molecule has 0 radical (unpaired) electrons. The Kier molecular flexibility index (Phi) is 10.5. The molecule has 0 aliphatic carbocycles. The number of benzene rings is 2. The summed E-state index contributed by atoms with van der Waals surface area (Å²) in [6, 6.07) is 12.2. The standard InChI is InChI=1S/C31H43N3O5S/c1-21-18-24(35)19-22(2)25(21)20-26(34(29(38)39)30(3,4)5)27(36)33-31(13-16-40-17-14-31)28(37)32-15-9-12-23-10-7-6-8-11-23/h6-8,10-11,18-19,26,35H,9,12-17,20H2,1-5H3,(H,32,37)(H,33,36)(H,38,39). The summed E-state index contributed by atoms with van der Waals surface area (Å²) in [6.07, 6.45) is 1.47. The Hall–Kier alpha value is -3.20. The van der Waals surface area contributed by atoms with Crippen LogP contribution < -0.4 is 10.6 Å². The number of aryl methyl sites for hydroxylation is 3. The summed E-state index contributed by atoms with van der Waals surface area (Å²) in [5, 5.41) is 26.3. The van der Waals surface area contributed by atoms with Gasteiger partial charge in [0.25, 0.3) is 0 Å². The molecular weight excluding hydrogens is 526 g/mol. The van der Waals surface area contributed by atoms with Gasteiger partial charge in [0.15, 0.2) is 0 Å². The zero-order chi connectivity index (χ0) is 29.5. The van der Waals surface area contributed by atoms with Gasteiger partial charge in [0.1, 0.15) is 17.3 Å². The molecule has 1 unspecified atom stereocenters. The molecule has 9 heteroatoms. The fourth-order valence-corrected chi connectivity index (χ4v) is 6.62. The summed E-state index contributed by atoms with van der Waals surface area (Å²) in [7, 11) is 0. The molecule has 2 aromatic carbocycles. The fourth-order valence-electron chi connectivity index (χ4n) is 5.43. The molecule has 1 aliphatic rings. The van der Waals surface area contributed by atoms with Crippen molar-refractivity contribution < 1.29 is 24.6 Å². The van der Waals surface area contributed by atoms with Gasteiger partial charge in [-0.15, -0.1) is 0 Å². The minimum absolute atomic E-state index is 0.119. The van der Waals surface area contributed by atoms with Gasteiger partial charge in [-0.1, -0.05) is 30.3 Å². The molecule has 0 bridgehead atoms. The van der Waals surface area contributed by atoms with Crippen molar-refractivity contribution in [1.29, 1.82) is 0 Å². The van der Waals surface area contributed by atoms with Crippen LogP contribution in [0, 0.1) is 13.8 Å². The second kappa shape index (κ2) is 13.4. The number of phenolic OH excluding ortho intramolecular Hbond substituents is 1. The van der Waals surface area contributed by atoms with E-state index in [1.165, 1.54) is 10.5 Å². The monoisotopic (exact) mass is 569 g/mol. The predicted octanol–water partition coefficient (Wildman–Crippen LogP) is 4.83. The molecule has 40 heavy (non-hydrogen) atoms. The first-order valence-electron chi connectivity index (χ1n) is 13.9. The molecule has 1 fully saturated rings. The quantitative estimate of drug-likeness (QED) is 0.305. The van der Waals surface area contributed by atoms with Crippen LogP contribution in [0.25, 0.3) is 0 Å². The average molecular weight is 570 g/mol. The van der Waals surface area contributed by atoms with Gasteiger partial charge in [0.2, 0.25) is 11.8 Å². The van der Waals surface area contributed by atoms with E-state index in [-0.39, 0.29) is 18.1 Å². The van der Waals surface area contributed by atoms with Crippen LogP contribution in [0.2, 0.25) is 0 Å². The third-order valence-electron chi connectivity index (χ3n) is 7.54. The number of amides is 3. The van der Waals surface area contributed by atoms with Crippen LogP contribution in [0.5, 0.6) is 5.75 Å². The Morgan fingerprint density at radius 1 is 1.05 bits per heavy atom. The summed E-state index contributed by atoms with van der Waals surface area (Å²) in [5.74, 6) is 0.854. The van der Waals surface area contributed by atoms with E-state index in [0.29, 0.717) is 19.4 Å². The van der Waals surface area contributed by atoms with Gasteiger partial charge in [-0.25, -0.2) is 4.79 Å². The lowest BCUT2D eigenvalue weighted by Gasteiger charge is -2.42. The minimum atomic E-state index is -1.21. The van der Waals surface area contributed by atoms with Crippen LogP contribution in [-0.2, 0) is 22.4 Å².